The Morgan fingerprint density at radius 1 is 1.05 bits per heavy atom. The van der Waals surface area contributed by atoms with Crippen LogP contribution in [0.2, 0.25) is 0 Å². The van der Waals surface area contributed by atoms with E-state index >= 15 is 4.39 Å². The van der Waals surface area contributed by atoms with Crippen molar-refractivity contribution in [1.82, 2.24) is 15.2 Å². The molecule has 1 N–H and O–H groups in total. The topological polar surface area (TPSA) is 77.5 Å². The number of ether oxygens (including phenoxy) is 1. The molecule has 9 heteroatoms. The van der Waals surface area contributed by atoms with Crippen molar-refractivity contribution < 1.29 is 18.7 Å². The summed E-state index contributed by atoms with van der Waals surface area (Å²) >= 11 is 0. The van der Waals surface area contributed by atoms with Crippen molar-refractivity contribution in [3.8, 4) is 11.1 Å². The summed E-state index contributed by atoms with van der Waals surface area (Å²) in [7, 11) is 0. The van der Waals surface area contributed by atoms with Crippen LogP contribution >= 0.6 is 0 Å². The predicted molar refractivity (Wildman–Crippen MR) is 149 cm³/mol. The van der Waals surface area contributed by atoms with Gasteiger partial charge in [-0.05, 0) is 34.9 Å². The number of rotatable bonds is 8. The lowest BCUT2D eigenvalue weighted by Gasteiger charge is -2.33. The molecule has 2 fully saturated rings. The van der Waals surface area contributed by atoms with Crippen molar-refractivity contribution >= 4 is 23.9 Å². The average Bonchev–Trinajstić information content (AvgIpc) is 3.33. The van der Waals surface area contributed by atoms with Crippen LogP contribution < -0.4 is 10.2 Å². The number of piperazine rings is 1. The van der Waals surface area contributed by atoms with Gasteiger partial charge in [0.2, 0.25) is 5.91 Å². The van der Waals surface area contributed by atoms with E-state index in [9.17, 15) is 9.59 Å². The largest absolute Gasteiger partial charge is 0.442 e. The van der Waals surface area contributed by atoms with Crippen molar-refractivity contribution in [3.63, 3.8) is 0 Å². The fraction of sp³-hybridized carbons (Fsp3) is 0.300. The summed E-state index contributed by atoms with van der Waals surface area (Å²) in [5, 5.41) is 9.36. The molecule has 0 aliphatic carbocycles. The van der Waals surface area contributed by atoms with Gasteiger partial charge in [0.05, 0.1) is 25.0 Å². The lowest BCUT2D eigenvalue weighted by Crippen LogP contribution is -2.43. The maximum absolute atomic E-state index is 15.1. The highest BCUT2D eigenvalue weighted by Gasteiger charge is 2.32. The summed E-state index contributed by atoms with van der Waals surface area (Å²) in [5.74, 6) is -0.630. The normalized spacial score (nSPS) is 18.0. The molecule has 0 spiro atoms. The molecule has 0 bridgehead atoms. The van der Waals surface area contributed by atoms with Crippen LogP contribution in [0.15, 0.2) is 77.9 Å². The Balaban J connectivity index is 1.15. The van der Waals surface area contributed by atoms with E-state index in [2.05, 4.69) is 44.6 Å². The molecule has 2 heterocycles. The van der Waals surface area contributed by atoms with Gasteiger partial charge in [-0.3, -0.25) is 19.6 Å². The molecular weight excluding hydrogens is 497 g/mol. The molecule has 3 aromatic carbocycles. The van der Waals surface area contributed by atoms with E-state index in [0.717, 1.165) is 43.9 Å². The van der Waals surface area contributed by atoms with Gasteiger partial charge in [-0.2, -0.15) is 5.10 Å². The van der Waals surface area contributed by atoms with E-state index in [1.54, 1.807) is 12.1 Å². The molecule has 5 rings (SSSR count). The van der Waals surface area contributed by atoms with Gasteiger partial charge in [0.15, 0.2) is 0 Å². The third-order valence-corrected chi connectivity index (χ3v) is 6.91. The molecule has 2 amide bonds. The van der Waals surface area contributed by atoms with Gasteiger partial charge in [0.1, 0.15) is 11.9 Å². The van der Waals surface area contributed by atoms with Gasteiger partial charge in [-0.1, -0.05) is 54.6 Å². The first-order valence-corrected chi connectivity index (χ1v) is 13.1. The average molecular weight is 530 g/mol. The van der Waals surface area contributed by atoms with Crippen LogP contribution in [0.1, 0.15) is 18.1 Å². The number of carbonyl (C=O) groups excluding carboxylic acids is 2. The molecule has 2 aliphatic heterocycles. The summed E-state index contributed by atoms with van der Waals surface area (Å²) in [6, 6.07) is 22.8. The summed E-state index contributed by atoms with van der Waals surface area (Å²) in [6.45, 7) is 6.49. The minimum Gasteiger partial charge on any atom is -0.442 e. The van der Waals surface area contributed by atoms with Gasteiger partial charge in [0.25, 0.3) is 0 Å². The Morgan fingerprint density at radius 3 is 2.49 bits per heavy atom. The molecule has 3 aromatic rings. The molecule has 8 nitrogen and oxygen atoms in total. The molecule has 0 unspecified atom stereocenters. The number of hydrazone groups is 1. The third kappa shape index (κ3) is 6.80. The van der Waals surface area contributed by atoms with Crippen molar-refractivity contribution in [2.45, 2.75) is 19.6 Å². The number of anilines is 1. The molecule has 0 radical (unpaired) electrons. The molecule has 1 atom stereocenters. The van der Waals surface area contributed by atoms with Crippen molar-refractivity contribution in [3.05, 3.63) is 89.7 Å². The Labute approximate surface area is 227 Å². The zero-order valence-electron chi connectivity index (χ0n) is 21.9. The summed E-state index contributed by atoms with van der Waals surface area (Å²) in [4.78, 5) is 27.2. The van der Waals surface area contributed by atoms with E-state index in [1.807, 2.05) is 36.5 Å². The molecule has 0 aromatic heterocycles. The second kappa shape index (κ2) is 12.1. The molecule has 0 saturated carbocycles. The van der Waals surface area contributed by atoms with Crippen LogP contribution in [-0.4, -0.2) is 73.5 Å². The maximum atomic E-state index is 15.1. The van der Waals surface area contributed by atoms with Crippen LogP contribution in [-0.2, 0) is 16.1 Å². The fourth-order valence-electron chi connectivity index (χ4n) is 4.75. The maximum Gasteiger partial charge on any atom is 0.414 e. The summed E-state index contributed by atoms with van der Waals surface area (Å²) in [5.41, 5.74) is 3.86. The number of amides is 2. The second-order valence-electron chi connectivity index (χ2n) is 9.80. The monoisotopic (exact) mass is 529 g/mol. The number of cyclic esters (lactones) is 1. The highest BCUT2D eigenvalue weighted by molar-refractivity contribution is 5.90. The zero-order valence-corrected chi connectivity index (χ0v) is 21.9. The first-order valence-electron chi connectivity index (χ1n) is 13.1. The van der Waals surface area contributed by atoms with Crippen LogP contribution in [0.5, 0.6) is 0 Å². The molecule has 2 aliphatic rings. The van der Waals surface area contributed by atoms with Crippen molar-refractivity contribution in [1.29, 1.82) is 0 Å². The van der Waals surface area contributed by atoms with Gasteiger partial charge in [0, 0.05) is 45.2 Å². The zero-order chi connectivity index (χ0) is 27.2. The van der Waals surface area contributed by atoms with Gasteiger partial charge in [-0.15, -0.1) is 0 Å². The number of hydrogen-bond donors (Lipinski definition) is 1. The quantitative estimate of drug-likeness (QED) is 0.445. The van der Waals surface area contributed by atoms with E-state index in [1.165, 1.54) is 23.5 Å². The SMILES string of the molecule is CC(=O)NC[C@H]1CN(c2ccc(-c3ccc(/C=N/N4CCN(Cc5ccccc5)CC4)cc3)c(F)c2)C(=O)O1. The summed E-state index contributed by atoms with van der Waals surface area (Å²) < 4.78 is 20.3. The third-order valence-electron chi connectivity index (χ3n) is 6.91. The van der Waals surface area contributed by atoms with Gasteiger partial charge < -0.3 is 10.1 Å². The lowest BCUT2D eigenvalue weighted by molar-refractivity contribution is -0.119. The van der Waals surface area contributed by atoms with Crippen LogP contribution in [0.25, 0.3) is 11.1 Å². The number of nitrogens with one attached hydrogen (secondary N) is 1. The predicted octanol–water partition coefficient (Wildman–Crippen LogP) is 4.11. The Hall–Kier alpha value is -4.24. The van der Waals surface area contributed by atoms with Crippen LogP contribution in [0.3, 0.4) is 0 Å². The molecule has 202 valence electrons. The molecular formula is C30H32FN5O3. The minimum atomic E-state index is -0.557. The van der Waals surface area contributed by atoms with Crippen molar-refractivity contribution in [2.75, 3.05) is 44.2 Å². The molecule has 39 heavy (non-hydrogen) atoms. The van der Waals surface area contributed by atoms with Gasteiger partial charge >= 0.3 is 6.09 Å². The van der Waals surface area contributed by atoms with Gasteiger partial charge in [-0.25, -0.2) is 9.18 Å². The fourth-order valence-corrected chi connectivity index (χ4v) is 4.75. The van der Waals surface area contributed by atoms with Crippen LogP contribution in [0.4, 0.5) is 14.9 Å². The van der Waals surface area contributed by atoms with E-state index in [4.69, 9.17) is 4.74 Å². The number of hydrogen-bond acceptors (Lipinski definition) is 6. The lowest BCUT2D eigenvalue weighted by atomic mass is 10.0. The number of carbonyl (C=O) groups is 2. The van der Waals surface area contributed by atoms with Crippen molar-refractivity contribution in [2.24, 2.45) is 5.10 Å². The van der Waals surface area contributed by atoms with Crippen LogP contribution in [0, 0.1) is 5.82 Å². The smallest absolute Gasteiger partial charge is 0.414 e. The number of benzene rings is 3. The number of nitrogens with zero attached hydrogens (tertiary/aromatic N) is 4. The highest BCUT2D eigenvalue weighted by Crippen LogP contribution is 2.29. The Morgan fingerprint density at radius 2 is 1.79 bits per heavy atom. The Kier molecular flexibility index (Phi) is 8.17. The first kappa shape index (κ1) is 26.4. The van der Waals surface area contributed by atoms with E-state index in [-0.39, 0.29) is 19.0 Å². The Bertz CT molecular complexity index is 1320. The minimum absolute atomic E-state index is 0.199. The highest BCUT2D eigenvalue weighted by atomic mass is 19.1. The molecule has 2 saturated heterocycles. The van der Waals surface area contributed by atoms with E-state index in [0.29, 0.717) is 11.3 Å². The summed E-state index contributed by atoms with van der Waals surface area (Å²) in [6.07, 6.45) is 0.808. The van der Waals surface area contributed by atoms with E-state index < -0.39 is 18.0 Å². The number of halogens is 1. The first-order chi connectivity index (χ1) is 18.9. The standard InChI is InChI=1S/C30H32FN5O3/c1-22(37)32-19-27-21-36(30(38)39-27)26-11-12-28(29(31)17-26)25-9-7-23(8-10-25)18-33-35-15-13-34(14-16-35)20-24-5-3-2-4-6-24/h2-12,17-18,27H,13-16,19-21H2,1H3,(H,32,37)/b33-18+/t27-/m0/s1. The second-order valence-corrected chi connectivity index (χ2v) is 9.80.